The standard InChI is InChI=1S/C19H20FN3O2.C18H19ClN2O.3C18H19FN2O.C18H20N2OS/c1-12-3-4-14-7-8-23(11-15(14)9-12)19(25)22-18-10-16(21-13(2)24)5-6-17(18)20;1-12-6-7-14-8-9-21(11-15(14)10-12)18(22)20-17-5-3-4-16(19)13(17)2;1-12-3-5-14-7-8-21(11-15(14)9-12)18(22)20-16-6-4-13(2)17(19)10-16;1-12-3-5-14-7-8-21(11-15(14)9-12)18(22)20-17-10-16(19)6-4-13(17)2;1-12-3-5-14-7-8-21(11-15(14)9-12)18(22)20-17-6-4-13(2)10-16(17)19;1-13-7-8-14-9-10-20(12-15(14)11-13)18(21)19-16-5-3-4-6-17(16)22-2/h3-6,9-10H,7-8,11H2,1-2H3,(H,21,24)(H,22,25);3-7,10H,8-9,11H2,1-2H3,(H,20,22);3*3-6,9-10H,7-8,11H2,1-2H3,(H,20,22);3-8,11H,9-10,12H2,1-2H3,(H,19,21). The Morgan fingerprint density at radius 2 is 0.615 bits per heavy atom. The van der Waals surface area contributed by atoms with Crippen molar-refractivity contribution in [1.82, 2.24) is 29.4 Å². The molecule has 6 heterocycles. The fraction of sp³-hybridized carbons (Fsp3) is 0.275. The van der Waals surface area contributed by atoms with Gasteiger partial charge in [0.05, 0.1) is 17.1 Å². The highest BCUT2D eigenvalue weighted by Crippen LogP contribution is 2.33. The average Bonchev–Trinajstić information content (AvgIpc) is 0.857. The molecule has 0 saturated carbocycles. The molecule has 0 unspecified atom stereocenters. The Hall–Kier alpha value is -13.9. The second-order valence-electron chi connectivity index (χ2n) is 35.1. The minimum Gasteiger partial charge on any atom is -0.326 e. The first-order chi connectivity index (χ1) is 64.7. The maximum Gasteiger partial charge on any atom is 0.322 e. The highest BCUT2D eigenvalue weighted by molar-refractivity contribution is 7.98. The van der Waals surface area contributed by atoms with Crippen LogP contribution in [0.4, 0.5) is 86.1 Å². The SMILES string of the molecule is CC(=O)Nc1ccc(F)c(NC(=O)N2CCc3ccc(C)cc3C2)c1.CSc1ccccc1NC(=O)N1CCc2ccc(C)cc2C1.Cc1ccc(NC(=O)N2CCc3ccc(C)cc3C2)c(F)c1.Cc1ccc2c(c1)CN(C(=O)Nc1cc(F)ccc1C)CC2.Cc1ccc2c(c1)CN(C(=O)Nc1ccc(C)c(F)c1)CC2.Cc1ccc2c(c1)CN(C(=O)Nc1cccc(Cl)c1C)CC2. The number of urea groups is 6. The van der Waals surface area contributed by atoms with Crippen molar-refractivity contribution < 1.29 is 51.1 Å². The fourth-order valence-corrected chi connectivity index (χ4v) is 17.6. The summed E-state index contributed by atoms with van der Waals surface area (Å²) < 4.78 is 54.7. The number of carbonyl (C=O) groups excluding carboxylic acids is 7. The zero-order valence-electron chi connectivity index (χ0n) is 78.4. The molecule has 0 aromatic heterocycles. The number of fused-ring (bicyclic) bond motifs is 6. The number of carbonyl (C=O) groups is 7. The van der Waals surface area contributed by atoms with E-state index in [4.69, 9.17) is 11.6 Å². The summed E-state index contributed by atoms with van der Waals surface area (Å²) in [5.41, 5.74) is 28.7. The Bertz CT molecular complexity index is 6340. The number of thioether (sulfide) groups is 1. The van der Waals surface area contributed by atoms with E-state index >= 15 is 0 Å². The molecule has 12 aromatic rings. The van der Waals surface area contributed by atoms with Crippen molar-refractivity contribution in [3.05, 3.63) is 375 Å². The third kappa shape index (κ3) is 27.0. The number of nitrogens with zero attached hydrogens (tertiary/aromatic N) is 6. The quantitative estimate of drug-likeness (QED) is 0.0571. The van der Waals surface area contributed by atoms with Crippen LogP contribution in [0.2, 0.25) is 5.02 Å². The van der Waals surface area contributed by atoms with E-state index in [1.54, 1.807) is 68.6 Å². The molecule has 12 aromatic carbocycles. The molecule has 0 aliphatic carbocycles. The van der Waals surface area contributed by atoms with Crippen molar-refractivity contribution in [3.63, 3.8) is 0 Å². The Labute approximate surface area is 797 Å². The van der Waals surface area contributed by atoms with Crippen molar-refractivity contribution in [2.75, 3.05) is 82.7 Å². The maximum absolute atomic E-state index is 14.0. The van der Waals surface area contributed by atoms with Gasteiger partial charge in [-0.15, -0.1) is 11.8 Å². The van der Waals surface area contributed by atoms with Crippen molar-refractivity contribution in [3.8, 4) is 0 Å². The summed E-state index contributed by atoms with van der Waals surface area (Å²) in [5, 5.41) is 20.1. The molecular weight excluding hydrogens is 1750 g/mol. The Morgan fingerprint density at radius 1 is 0.281 bits per heavy atom. The van der Waals surface area contributed by atoms with Gasteiger partial charge in [-0.25, -0.2) is 46.3 Å². The lowest BCUT2D eigenvalue weighted by atomic mass is 9.98. The van der Waals surface area contributed by atoms with Crippen molar-refractivity contribution in [2.24, 2.45) is 0 Å². The van der Waals surface area contributed by atoms with E-state index in [1.165, 1.54) is 138 Å². The second kappa shape index (κ2) is 45.7. The molecule has 0 radical (unpaired) electrons. The number of rotatable bonds is 8. The molecule has 13 amide bonds. The topological polar surface area (TPSA) is 223 Å². The number of aryl methyl sites for hydroxylation is 9. The summed E-state index contributed by atoms with van der Waals surface area (Å²) in [5.74, 6) is -1.86. The van der Waals surface area contributed by atoms with Crippen LogP contribution in [-0.2, 0) is 82.6 Å². The molecule has 0 bridgehead atoms. The van der Waals surface area contributed by atoms with Gasteiger partial charge >= 0.3 is 36.2 Å². The molecule has 6 aliphatic rings. The third-order valence-electron chi connectivity index (χ3n) is 24.6. The van der Waals surface area contributed by atoms with Gasteiger partial charge in [0.25, 0.3) is 0 Å². The number of anilines is 7. The summed E-state index contributed by atoms with van der Waals surface area (Å²) in [6.45, 7) is 28.7. The van der Waals surface area contributed by atoms with Crippen molar-refractivity contribution >= 4 is 105 Å². The molecule has 0 atom stereocenters. The van der Waals surface area contributed by atoms with Crippen LogP contribution < -0.4 is 37.2 Å². The van der Waals surface area contributed by atoms with E-state index in [2.05, 4.69) is 167 Å². The van der Waals surface area contributed by atoms with Crippen molar-refractivity contribution in [2.45, 2.75) is 159 Å². The molecule has 20 nitrogen and oxygen atoms in total. The lowest BCUT2D eigenvalue weighted by molar-refractivity contribution is -0.114. The molecule has 0 fully saturated rings. The molecule has 6 aliphatic heterocycles. The minimum atomic E-state index is -0.546. The molecule has 135 heavy (non-hydrogen) atoms. The Morgan fingerprint density at radius 3 is 1.01 bits per heavy atom. The zero-order chi connectivity index (χ0) is 96.3. The predicted octanol–water partition coefficient (Wildman–Crippen LogP) is 24.6. The van der Waals surface area contributed by atoms with Gasteiger partial charge in [0.15, 0.2) is 0 Å². The van der Waals surface area contributed by atoms with E-state index in [0.29, 0.717) is 93.1 Å². The van der Waals surface area contributed by atoms with E-state index in [9.17, 15) is 51.1 Å². The molecule has 700 valence electrons. The van der Waals surface area contributed by atoms with Gasteiger partial charge in [0.1, 0.15) is 23.3 Å². The highest BCUT2D eigenvalue weighted by atomic mass is 35.5. The van der Waals surface area contributed by atoms with Gasteiger partial charge in [0.2, 0.25) is 5.91 Å². The zero-order valence-corrected chi connectivity index (χ0v) is 80.0. The minimum absolute atomic E-state index is 0.0198. The lowest BCUT2D eigenvalue weighted by Gasteiger charge is -2.29. The average molecular weight is 1860 g/mol. The van der Waals surface area contributed by atoms with Crippen LogP contribution in [0.15, 0.2) is 229 Å². The number of hydrogen-bond donors (Lipinski definition) is 7. The van der Waals surface area contributed by atoms with Crippen LogP contribution in [0.1, 0.15) is 129 Å². The van der Waals surface area contributed by atoms with E-state index in [-0.39, 0.29) is 65.1 Å². The number of nitrogens with one attached hydrogen (secondary N) is 7. The maximum atomic E-state index is 14.0. The van der Waals surface area contributed by atoms with Gasteiger partial charge in [-0.3, -0.25) is 4.79 Å². The molecule has 26 heteroatoms. The predicted molar refractivity (Wildman–Crippen MR) is 534 cm³/mol. The van der Waals surface area contributed by atoms with Gasteiger partial charge in [-0.1, -0.05) is 191 Å². The number of para-hydroxylation sites is 1. The molecule has 7 N–H and O–H groups in total. The first kappa shape index (κ1) is 98.6. The normalized spacial score (nSPS) is 13.6. The Kier molecular flexibility index (Phi) is 33.4. The van der Waals surface area contributed by atoms with Crippen molar-refractivity contribution in [1.29, 1.82) is 0 Å². The van der Waals surface area contributed by atoms with Crippen LogP contribution in [0, 0.1) is 92.5 Å². The lowest BCUT2D eigenvalue weighted by Crippen LogP contribution is -2.39. The number of hydrogen-bond acceptors (Lipinski definition) is 8. The smallest absolute Gasteiger partial charge is 0.322 e. The number of amides is 13. The highest BCUT2D eigenvalue weighted by Gasteiger charge is 2.29. The molecular formula is C109H116ClF4N13O7S. The Balaban J connectivity index is 0.000000137. The van der Waals surface area contributed by atoms with Crippen LogP contribution in [0.5, 0.6) is 0 Å². The summed E-state index contributed by atoms with van der Waals surface area (Å²) in [7, 11) is 0. The van der Waals surface area contributed by atoms with Gasteiger partial charge in [-0.05, 0) is 282 Å². The summed E-state index contributed by atoms with van der Waals surface area (Å²) >= 11 is 7.74. The summed E-state index contributed by atoms with van der Waals surface area (Å²) in [6, 6.07) is 68.7. The van der Waals surface area contributed by atoms with E-state index < -0.39 is 11.6 Å². The molecule has 18 rings (SSSR count). The largest absolute Gasteiger partial charge is 0.326 e. The van der Waals surface area contributed by atoms with E-state index in [1.807, 2.05) is 100 Å². The van der Waals surface area contributed by atoms with Gasteiger partial charge in [-0.2, -0.15) is 0 Å². The summed E-state index contributed by atoms with van der Waals surface area (Å²) in [4.78, 5) is 97.5. The van der Waals surface area contributed by atoms with Crippen LogP contribution in [0.25, 0.3) is 0 Å². The molecule has 0 spiro atoms. The first-order valence-corrected chi connectivity index (χ1v) is 46.9. The monoisotopic (exact) mass is 1860 g/mol. The third-order valence-corrected chi connectivity index (χ3v) is 25.8. The molecule has 0 saturated heterocycles. The second-order valence-corrected chi connectivity index (χ2v) is 36.4. The van der Waals surface area contributed by atoms with Gasteiger partial charge in [0, 0.05) is 118 Å². The van der Waals surface area contributed by atoms with Gasteiger partial charge < -0.3 is 66.6 Å². The fourth-order valence-electron chi connectivity index (χ4n) is 16.8. The first-order valence-electron chi connectivity index (χ1n) is 45.3. The number of halogens is 5. The van der Waals surface area contributed by atoms with Crippen LogP contribution >= 0.6 is 23.4 Å². The summed E-state index contributed by atoms with van der Waals surface area (Å²) in [6.07, 6.45) is 7.16. The van der Waals surface area contributed by atoms with E-state index in [0.717, 1.165) is 95.7 Å². The van der Waals surface area contributed by atoms with Crippen LogP contribution in [0.3, 0.4) is 0 Å². The van der Waals surface area contributed by atoms with Crippen LogP contribution in [-0.4, -0.2) is 117 Å². The number of benzene rings is 12.